The summed E-state index contributed by atoms with van der Waals surface area (Å²) in [5.41, 5.74) is 6.33. The van der Waals surface area contributed by atoms with Crippen molar-refractivity contribution in [3.8, 4) is 0 Å². The van der Waals surface area contributed by atoms with Crippen molar-refractivity contribution in [2.75, 3.05) is 18.5 Å². The molecule has 1 amide bonds. The number of carboxylic acids is 1. The van der Waals surface area contributed by atoms with E-state index in [2.05, 4.69) is 4.98 Å². The minimum Gasteiger partial charge on any atom is -0.481 e. The van der Waals surface area contributed by atoms with Crippen LogP contribution in [0.4, 0.5) is 5.82 Å². The standard InChI is InChI=1S/C12H17N3O3/c1-8-6-9(12(13)18)7-10(14-8)15(2)5-3-4-11(16)17/h6-7H,3-5H2,1-2H3,(H2,13,18)(H,16,17). The van der Waals surface area contributed by atoms with E-state index in [9.17, 15) is 9.59 Å². The zero-order valence-corrected chi connectivity index (χ0v) is 10.5. The van der Waals surface area contributed by atoms with Crippen LogP contribution in [0.1, 0.15) is 28.9 Å². The molecular formula is C12H17N3O3. The van der Waals surface area contributed by atoms with Crippen molar-refractivity contribution in [3.05, 3.63) is 23.4 Å². The molecule has 0 aromatic carbocycles. The fourth-order valence-corrected chi connectivity index (χ4v) is 1.57. The molecule has 98 valence electrons. The lowest BCUT2D eigenvalue weighted by Crippen LogP contribution is -2.22. The van der Waals surface area contributed by atoms with Crippen molar-refractivity contribution in [2.45, 2.75) is 19.8 Å². The van der Waals surface area contributed by atoms with Crippen LogP contribution in [0, 0.1) is 6.92 Å². The van der Waals surface area contributed by atoms with Crippen LogP contribution in [-0.2, 0) is 4.79 Å². The Hall–Kier alpha value is -2.11. The first-order valence-corrected chi connectivity index (χ1v) is 5.61. The predicted molar refractivity (Wildman–Crippen MR) is 67.6 cm³/mol. The van der Waals surface area contributed by atoms with Gasteiger partial charge in [0.1, 0.15) is 5.82 Å². The first-order valence-electron chi connectivity index (χ1n) is 5.61. The molecule has 0 aliphatic rings. The highest BCUT2D eigenvalue weighted by Crippen LogP contribution is 2.14. The third kappa shape index (κ3) is 4.04. The molecule has 0 saturated carbocycles. The summed E-state index contributed by atoms with van der Waals surface area (Å²) in [5.74, 6) is -0.701. The van der Waals surface area contributed by atoms with Crippen LogP contribution in [0.2, 0.25) is 0 Å². The average molecular weight is 251 g/mol. The minimum absolute atomic E-state index is 0.110. The largest absolute Gasteiger partial charge is 0.481 e. The number of anilines is 1. The van der Waals surface area contributed by atoms with Gasteiger partial charge in [0.2, 0.25) is 5.91 Å². The van der Waals surface area contributed by atoms with Gasteiger partial charge in [0.25, 0.3) is 0 Å². The average Bonchev–Trinajstić information content (AvgIpc) is 2.27. The molecule has 1 heterocycles. The number of nitrogens with two attached hydrogens (primary N) is 1. The zero-order chi connectivity index (χ0) is 13.7. The van der Waals surface area contributed by atoms with Crippen LogP contribution in [0.5, 0.6) is 0 Å². The molecule has 0 bridgehead atoms. The molecule has 0 radical (unpaired) electrons. The van der Waals surface area contributed by atoms with Crippen LogP contribution in [0.25, 0.3) is 0 Å². The molecule has 0 fully saturated rings. The van der Waals surface area contributed by atoms with Crippen LogP contribution < -0.4 is 10.6 Å². The van der Waals surface area contributed by atoms with Crippen LogP contribution in [0.15, 0.2) is 12.1 Å². The lowest BCUT2D eigenvalue weighted by molar-refractivity contribution is -0.137. The van der Waals surface area contributed by atoms with Crippen molar-refractivity contribution in [1.29, 1.82) is 0 Å². The number of carbonyl (C=O) groups is 2. The SMILES string of the molecule is Cc1cc(C(N)=O)cc(N(C)CCCC(=O)O)n1. The summed E-state index contributed by atoms with van der Waals surface area (Å²) in [4.78, 5) is 27.6. The summed E-state index contributed by atoms with van der Waals surface area (Å²) in [5, 5.41) is 8.56. The van der Waals surface area contributed by atoms with Crippen LogP contribution in [0.3, 0.4) is 0 Å². The number of pyridine rings is 1. The van der Waals surface area contributed by atoms with E-state index in [1.807, 2.05) is 4.90 Å². The minimum atomic E-state index is -0.821. The van der Waals surface area contributed by atoms with E-state index < -0.39 is 11.9 Å². The Morgan fingerprint density at radius 1 is 1.44 bits per heavy atom. The molecule has 0 aliphatic carbocycles. The predicted octanol–water partition coefficient (Wildman–Crippen LogP) is 0.790. The van der Waals surface area contributed by atoms with Gasteiger partial charge in [-0.05, 0) is 25.5 Å². The fraction of sp³-hybridized carbons (Fsp3) is 0.417. The number of hydrogen-bond acceptors (Lipinski definition) is 4. The summed E-state index contributed by atoms with van der Waals surface area (Å²) < 4.78 is 0. The molecule has 0 unspecified atom stereocenters. The lowest BCUT2D eigenvalue weighted by Gasteiger charge is -2.18. The highest BCUT2D eigenvalue weighted by Gasteiger charge is 2.09. The smallest absolute Gasteiger partial charge is 0.303 e. The Labute approximate surface area is 105 Å². The first-order chi connectivity index (χ1) is 8.40. The second-order valence-electron chi connectivity index (χ2n) is 4.14. The molecule has 1 rings (SSSR count). The second-order valence-corrected chi connectivity index (χ2v) is 4.14. The molecular weight excluding hydrogens is 234 g/mol. The Balaban J connectivity index is 2.75. The highest BCUT2D eigenvalue weighted by atomic mass is 16.4. The Morgan fingerprint density at radius 2 is 2.11 bits per heavy atom. The van der Waals surface area contributed by atoms with Gasteiger partial charge in [-0.1, -0.05) is 0 Å². The van der Waals surface area contributed by atoms with Gasteiger partial charge >= 0.3 is 5.97 Å². The molecule has 0 aliphatic heterocycles. The number of primary amides is 1. The van der Waals surface area contributed by atoms with Gasteiger partial charge in [-0.3, -0.25) is 9.59 Å². The maximum absolute atomic E-state index is 11.1. The maximum Gasteiger partial charge on any atom is 0.303 e. The van der Waals surface area contributed by atoms with Gasteiger partial charge in [0.05, 0.1) is 0 Å². The van der Waals surface area contributed by atoms with Crippen LogP contribution >= 0.6 is 0 Å². The van der Waals surface area contributed by atoms with Gasteiger partial charge in [-0.15, -0.1) is 0 Å². The quantitative estimate of drug-likeness (QED) is 0.779. The van der Waals surface area contributed by atoms with E-state index in [0.717, 1.165) is 0 Å². The lowest BCUT2D eigenvalue weighted by atomic mass is 10.2. The maximum atomic E-state index is 11.1. The molecule has 6 heteroatoms. The van der Waals surface area contributed by atoms with E-state index >= 15 is 0 Å². The van der Waals surface area contributed by atoms with E-state index in [0.29, 0.717) is 30.0 Å². The normalized spacial score (nSPS) is 10.1. The van der Waals surface area contributed by atoms with E-state index in [-0.39, 0.29) is 6.42 Å². The van der Waals surface area contributed by atoms with Crippen molar-refractivity contribution >= 4 is 17.7 Å². The number of aliphatic carboxylic acids is 1. The van der Waals surface area contributed by atoms with Crippen molar-refractivity contribution in [3.63, 3.8) is 0 Å². The Bertz CT molecular complexity index is 460. The second kappa shape index (κ2) is 6.00. The van der Waals surface area contributed by atoms with E-state index in [1.54, 1.807) is 26.1 Å². The number of rotatable bonds is 6. The van der Waals surface area contributed by atoms with Gasteiger partial charge in [0.15, 0.2) is 0 Å². The number of hydrogen-bond donors (Lipinski definition) is 2. The summed E-state index contributed by atoms with van der Waals surface area (Å²) in [6, 6.07) is 3.23. The summed E-state index contributed by atoms with van der Waals surface area (Å²) in [6.07, 6.45) is 0.631. The number of carboxylic acid groups (broad SMARTS) is 1. The number of amides is 1. The molecule has 0 atom stereocenters. The molecule has 6 nitrogen and oxygen atoms in total. The number of aromatic nitrogens is 1. The van der Waals surface area contributed by atoms with Crippen molar-refractivity contribution in [1.82, 2.24) is 4.98 Å². The third-order valence-corrected chi connectivity index (χ3v) is 2.50. The summed E-state index contributed by atoms with van der Waals surface area (Å²) >= 11 is 0. The van der Waals surface area contributed by atoms with Gasteiger partial charge < -0.3 is 15.7 Å². The van der Waals surface area contributed by atoms with Gasteiger partial charge in [-0.2, -0.15) is 0 Å². The van der Waals surface area contributed by atoms with E-state index in [1.165, 1.54) is 0 Å². The molecule has 3 N–H and O–H groups in total. The highest BCUT2D eigenvalue weighted by molar-refractivity contribution is 5.93. The van der Waals surface area contributed by atoms with Crippen molar-refractivity contribution < 1.29 is 14.7 Å². The Morgan fingerprint density at radius 3 is 2.67 bits per heavy atom. The van der Waals surface area contributed by atoms with E-state index in [4.69, 9.17) is 10.8 Å². The topological polar surface area (TPSA) is 96.5 Å². The molecule has 1 aromatic rings. The first kappa shape index (κ1) is 14.0. The number of nitrogens with zero attached hydrogens (tertiary/aromatic N) is 2. The van der Waals surface area contributed by atoms with Crippen LogP contribution in [-0.4, -0.2) is 35.6 Å². The fourth-order valence-electron chi connectivity index (χ4n) is 1.57. The molecule has 18 heavy (non-hydrogen) atoms. The Kier molecular flexibility index (Phi) is 4.65. The number of aryl methyl sites for hydroxylation is 1. The molecule has 1 aromatic heterocycles. The zero-order valence-electron chi connectivity index (χ0n) is 10.5. The summed E-state index contributed by atoms with van der Waals surface area (Å²) in [6.45, 7) is 2.34. The van der Waals surface area contributed by atoms with Crippen molar-refractivity contribution in [2.24, 2.45) is 5.73 Å². The monoisotopic (exact) mass is 251 g/mol. The third-order valence-electron chi connectivity index (χ3n) is 2.50. The number of carbonyl (C=O) groups excluding carboxylic acids is 1. The van der Waals surface area contributed by atoms with Gasteiger partial charge in [-0.25, -0.2) is 4.98 Å². The molecule has 0 spiro atoms. The molecule has 0 saturated heterocycles. The summed E-state index contributed by atoms with van der Waals surface area (Å²) in [7, 11) is 1.80. The van der Waals surface area contributed by atoms with Gasteiger partial charge in [0, 0.05) is 31.3 Å².